The lowest BCUT2D eigenvalue weighted by molar-refractivity contribution is 0.0854. The van der Waals surface area contributed by atoms with Gasteiger partial charge in [0.1, 0.15) is 29.3 Å². The smallest absolute Gasteiger partial charge is 0.276 e. The highest BCUT2D eigenvalue weighted by atomic mass is 32.2. The number of halogens is 2. The molecule has 2 saturated heterocycles. The van der Waals surface area contributed by atoms with Crippen LogP contribution < -0.4 is 14.8 Å². The lowest BCUT2D eigenvalue weighted by Gasteiger charge is -2.35. The molecule has 4 heterocycles. The number of piperazine rings is 1. The Hall–Kier alpha value is -4.16. The molecule has 0 atom stereocenters. The maximum Gasteiger partial charge on any atom is 0.276 e. The van der Waals surface area contributed by atoms with Crippen LogP contribution in [0.2, 0.25) is 0 Å². The number of nitriles is 1. The topological polar surface area (TPSA) is 144 Å². The average Bonchev–Trinajstić information content (AvgIpc) is 3.46. The van der Waals surface area contributed by atoms with E-state index in [4.69, 9.17) is 14.9 Å². The van der Waals surface area contributed by atoms with E-state index >= 15 is 0 Å². The minimum absolute atomic E-state index is 0.185. The molecule has 3 N–H and O–H groups in total. The molecule has 2 aromatic carbocycles. The number of rotatable bonds is 8. The summed E-state index contributed by atoms with van der Waals surface area (Å²) >= 11 is 0. The van der Waals surface area contributed by atoms with Crippen LogP contribution in [0.25, 0.3) is 33.7 Å². The van der Waals surface area contributed by atoms with E-state index in [1.54, 1.807) is 23.2 Å². The van der Waals surface area contributed by atoms with Gasteiger partial charge >= 0.3 is 0 Å². The second-order valence-electron chi connectivity index (χ2n) is 11.0. The van der Waals surface area contributed by atoms with E-state index in [9.17, 15) is 22.5 Å². The molecule has 0 spiro atoms. The Kier molecular flexibility index (Phi) is 8.46. The van der Waals surface area contributed by atoms with E-state index in [-0.39, 0.29) is 25.7 Å². The van der Waals surface area contributed by atoms with Gasteiger partial charge in [0.05, 0.1) is 12.1 Å². The summed E-state index contributed by atoms with van der Waals surface area (Å²) in [6.07, 6.45) is 0.0928. The van der Waals surface area contributed by atoms with Gasteiger partial charge in [-0.15, -0.1) is 0 Å². The van der Waals surface area contributed by atoms with Crippen LogP contribution in [0, 0.1) is 11.3 Å². The van der Waals surface area contributed by atoms with Gasteiger partial charge in [0, 0.05) is 62.3 Å². The summed E-state index contributed by atoms with van der Waals surface area (Å²) in [5.74, 6) is 1.09. The summed E-state index contributed by atoms with van der Waals surface area (Å²) in [5.41, 5.74) is 5.13. The third-order valence-electron chi connectivity index (χ3n) is 8.12. The van der Waals surface area contributed by atoms with Gasteiger partial charge in [-0.05, 0) is 60.9 Å². The summed E-state index contributed by atoms with van der Waals surface area (Å²) in [4.78, 5) is 16.6. The van der Waals surface area contributed by atoms with Crippen LogP contribution in [-0.2, 0) is 10.2 Å². The van der Waals surface area contributed by atoms with E-state index < -0.39 is 16.6 Å². The van der Waals surface area contributed by atoms with E-state index in [0.29, 0.717) is 67.3 Å². The number of nitrogens with one attached hydrogen (secondary N) is 1. The monoisotopic (exact) mass is 622 g/mol. The first kappa shape index (κ1) is 29.9. The maximum atomic E-state index is 12.7. The van der Waals surface area contributed by atoms with Crippen molar-refractivity contribution in [2.75, 3.05) is 50.7 Å². The van der Waals surface area contributed by atoms with Crippen LogP contribution in [0.1, 0.15) is 18.4 Å². The van der Waals surface area contributed by atoms with Crippen molar-refractivity contribution < 1.29 is 21.9 Å². The van der Waals surface area contributed by atoms with Crippen molar-refractivity contribution in [3.05, 3.63) is 60.3 Å². The van der Waals surface area contributed by atoms with Gasteiger partial charge in [-0.25, -0.2) is 23.9 Å². The predicted octanol–water partition coefficient (Wildman–Crippen LogP) is 3.60. The lowest BCUT2D eigenvalue weighted by Crippen LogP contribution is -2.47. The molecule has 6 rings (SSSR count). The number of aromatic nitrogens is 3. The normalized spacial score (nSPS) is 17.3. The fourth-order valence-corrected chi connectivity index (χ4v) is 6.49. The number of anilines is 1. The quantitative estimate of drug-likeness (QED) is 0.303. The Morgan fingerprint density at radius 3 is 2.39 bits per heavy atom. The zero-order chi connectivity index (χ0) is 30.8. The molecule has 0 radical (unpaired) electrons. The molecule has 0 amide bonds. The Morgan fingerprint density at radius 1 is 1.02 bits per heavy atom. The van der Waals surface area contributed by atoms with Gasteiger partial charge in [-0.1, -0.05) is 6.07 Å². The number of ether oxygens (including phenoxy) is 1. The summed E-state index contributed by atoms with van der Waals surface area (Å²) in [5, 5.41) is 15.1. The number of fused-ring (bicyclic) bond motifs is 1. The molecule has 14 heteroatoms. The third-order valence-corrected chi connectivity index (χ3v) is 9.21. The van der Waals surface area contributed by atoms with Crippen molar-refractivity contribution in [1.29, 1.82) is 5.26 Å². The van der Waals surface area contributed by atoms with Crippen LogP contribution in [0.3, 0.4) is 0 Å². The maximum absolute atomic E-state index is 12.7. The van der Waals surface area contributed by atoms with Crippen LogP contribution in [0.4, 0.5) is 14.5 Å². The van der Waals surface area contributed by atoms with Crippen LogP contribution in [0.5, 0.6) is 5.75 Å². The first-order valence-electron chi connectivity index (χ1n) is 14.4. The van der Waals surface area contributed by atoms with Gasteiger partial charge in [0.25, 0.3) is 16.6 Å². The zero-order valence-corrected chi connectivity index (χ0v) is 24.7. The first-order chi connectivity index (χ1) is 21.2. The lowest BCUT2D eigenvalue weighted by atomic mass is 10.0. The van der Waals surface area contributed by atoms with Gasteiger partial charge in [0.15, 0.2) is 5.65 Å². The minimum Gasteiger partial charge on any atom is -0.489 e. The molecule has 0 aliphatic carbocycles. The van der Waals surface area contributed by atoms with E-state index in [0.717, 1.165) is 22.4 Å². The fraction of sp³-hybridized carbons (Fsp3) is 0.367. The number of nitrogens with zero attached hydrogens (tertiary/aromatic N) is 6. The minimum atomic E-state index is -3.73. The van der Waals surface area contributed by atoms with Crippen LogP contribution in [0.15, 0.2) is 54.7 Å². The molecule has 2 fully saturated rings. The summed E-state index contributed by atoms with van der Waals surface area (Å²) in [6.45, 7) is 2.94. The molecular weight excluding hydrogens is 590 g/mol. The fourth-order valence-electron chi connectivity index (χ4n) is 5.77. The van der Waals surface area contributed by atoms with Crippen molar-refractivity contribution in [1.82, 2.24) is 24.2 Å². The third kappa shape index (κ3) is 6.51. The van der Waals surface area contributed by atoms with Gasteiger partial charge in [-0.3, -0.25) is 4.90 Å². The number of hydrogen-bond donors (Lipinski definition) is 2. The van der Waals surface area contributed by atoms with Crippen molar-refractivity contribution in [3.63, 3.8) is 0 Å². The molecule has 230 valence electrons. The molecule has 2 aliphatic heterocycles. The largest absolute Gasteiger partial charge is 0.489 e. The number of alkyl halides is 2. The molecule has 2 aliphatic rings. The SMILES string of the molecule is N#Cc1cc(-c2ccnc3[nH]c(-c4ccc(N5CCN(CC(F)F)CC5)cc4)nc23)ccc1OC1CCN(S(N)(=O)=O)CC1. The number of imidazole rings is 1. The van der Waals surface area contributed by atoms with Crippen LogP contribution >= 0.6 is 0 Å². The Bertz CT molecular complexity index is 1780. The molecule has 11 nitrogen and oxygen atoms in total. The Balaban J connectivity index is 1.17. The Morgan fingerprint density at radius 2 is 1.73 bits per heavy atom. The first-order valence-corrected chi connectivity index (χ1v) is 15.9. The second-order valence-corrected chi connectivity index (χ2v) is 12.5. The number of aromatic amines is 1. The molecule has 2 aromatic heterocycles. The number of nitrogens with two attached hydrogens (primary N) is 1. The molecule has 0 saturated carbocycles. The van der Waals surface area contributed by atoms with Crippen molar-refractivity contribution in [2.45, 2.75) is 25.4 Å². The van der Waals surface area contributed by atoms with E-state index in [1.165, 1.54) is 4.31 Å². The highest BCUT2D eigenvalue weighted by molar-refractivity contribution is 7.86. The van der Waals surface area contributed by atoms with E-state index in [2.05, 4.69) is 20.9 Å². The summed E-state index contributed by atoms with van der Waals surface area (Å²) in [7, 11) is -3.73. The van der Waals surface area contributed by atoms with Crippen molar-refractivity contribution >= 4 is 27.1 Å². The summed E-state index contributed by atoms with van der Waals surface area (Å²) in [6, 6.07) is 17.4. The highest BCUT2D eigenvalue weighted by Crippen LogP contribution is 2.33. The molecular formula is C30H32F2N8O3S. The van der Waals surface area contributed by atoms with Crippen molar-refractivity contribution in [3.8, 4) is 34.3 Å². The molecule has 44 heavy (non-hydrogen) atoms. The zero-order valence-electron chi connectivity index (χ0n) is 23.9. The number of H-pyrrole nitrogens is 1. The predicted molar refractivity (Wildman–Crippen MR) is 162 cm³/mol. The highest BCUT2D eigenvalue weighted by Gasteiger charge is 2.27. The number of pyridine rings is 1. The average molecular weight is 623 g/mol. The van der Waals surface area contributed by atoms with Gasteiger partial charge < -0.3 is 14.6 Å². The summed E-state index contributed by atoms with van der Waals surface area (Å²) < 4.78 is 55.9. The molecule has 0 bridgehead atoms. The Labute approximate surface area is 254 Å². The van der Waals surface area contributed by atoms with E-state index in [1.807, 2.05) is 36.4 Å². The van der Waals surface area contributed by atoms with Gasteiger partial charge in [-0.2, -0.15) is 18.0 Å². The second kappa shape index (κ2) is 12.4. The molecule has 0 unspecified atom stereocenters. The number of piperidine rings is 1. The number of benzene rings is 2. The number of hydrogen-bond acceptors (Lipinski definition) is 8. The standard InChI is InChI=1S/C30H32F2N8O3S/c31-27(32)19-38-13-15-39(16-14-38)23-4-1-20(2-5-23)29-36-28-25(7-10-35-30(28)37-29)21-3-6-26(22(17-21)18-33)43-24-8-11-40(12-9-24)44(34,41)42/h1-7,10,17,24,27H,8-9,11-16,19H2,(H2,34,41,42)(H,35,36,37). The van der Waals surface area contributed by atoms with Gasteiger partial charge in [0.2, 0.25) is 0 Å². The van der Waals surface area contributed by atoms with Crippen LogP contribution in [-0.4, -0.2) is 90.9 Å². The molecule has 4 aromatic rings. The van der Waals surface area contributed by atoms with Crippen molar-refractivity contribution in [2.24, 2.45) is 5.14 Å².